The molecule has 0 amide bonds. The Labute approximate surface area is 139 Å². The van der Waals surface area contributed by atoms with Crippen LogP contribution in [0, 0.1) is 5.92 Å². The zero-order valence-electron chi connectivity index (χ0n) is 14.0. The molecule has 1 atom stereocenters. The maximum atomic E-state index is 11.9. The van der Waals surface area contributed by atoms with Gasteiger partial charge in [-0.15, -0.1) is 0 Å². The predicted molar refractivity (Wildman–Crippen MR) is 94.2 cm³/mol. The fourth-order valence-corrected chi connectivity index (χ4v) is 2.51. The Hall–Kier alpha value is -1.90. The SMILES string of the molecule is CCCCC/C=C/C=C1/C(=O)C=CC1C/C=C/CCCC(=O)O. The van der Waals surface area contributed by atoms with Gasteiger partial charge in [-0.3, -0.25) is 9.59 Å². The van der Waals surface area contributed by atoms with Crippen LogP contribution in [0.15, 0.2) is 48.1 Å². The lowest BCUT2D eigenvalue weighted by molar-refractivity contribution is -0.137. The van der Waals surface area contributed by atoms with Crippen LogP contribution in [0.5, 0.6) is 0 Å². The number of carbonyl (C=O) groups excluding carboxylic acids is 1. The molecular formula is C20H28O3. The lowest BCUT2D eigenvalue weighted by atomic mass is 9.97. The average Bonchev–Trinajstić information content (AvgIpc) is 2.86. The highest BCUT2D eigenvalue weighted by Gasteiger charge is 2.20. The number of carbonyl (C=O) groups is 2. The summed E-state index contributed by atoms with van der Waals surface area (Å²) in [5, 5.41) is 8.57. The van der Waals surface area contributed by atoms with Crippen molar-refractivity contribution >= 4 is 11.8 Å². The highest BCUT2D eigenvalue weighted by molar-refractivity contribution is 6.07. The summed E-state index contributed by atoms with van der Waals surface area (Å²) in [6, 6.07) is 0. The third kappa shape index (κ3) is 8.34. The lowest BCUT2D eigenvalue weighted by Crippen LogP contribution is -2.01. The van der Waals surface area contributed by atoms with Gasteiger partial charge >= 0.3 is 5.97 Å². The number of hydrogen-bond acceptors (Lipinski definition) is 2. The molecule has 0 radical (unpaired) electrons. The molecule has 0 fully saturated rings. The molecule has 1 N–H and O–H groups in total. The van der Waals surface area contributed by atoms with E-state index in [2.05, 4.69) is 13.0 Å². The van der Waals surface area contributed by atoms with Crippen molar-refractivity contribution < 1.29 is 14.7 Å². The molecule has 0 aliphatic heterocycles. The van der Waals surface area contributed by atoms with Crippen molar-refractivity contribution in [3.63, 3.8) is 0 Å². The van der Waals surface area contributed by atoms with Gasteiger partial charge in [0.1, 0.15) is 0 Å². The van der Waals surface area contributed by atoms with Crippen molar-refractivity contribution in [2.45, 2.75) is 58.3 Å². The van der Waals surface area contributed by atoms with E-state index in [0.29, 0.717) is 6.42 Å². The zero-order chi connectivity index (χ0) is 16.9. The smallest absolute Gasteiger partial charge is 0.303 e. The first-order valence-corrected chi connectivity index (χ1v) is 8.61. The normalized spacial score (nSPS) is 19.6. The molecule has 0 saturated heterocycles. The number of hydrogen-bond donors (Lipinski definition) is 1. The van der Waals surface area contributed by atoms with Crippen molar-refractivity contribution in [3.05, 3.63) is 48.1 Å². The van der Waals surface area contributed by atoms with Gasteiger partial charge in [-0.2, -0.15) is 0 Å². The molecule has 0 spiro atoms. The van der Waals surface area contributed by atoms with E-state index in [1.165, 1.54) is 19.3 Å². The Morgan fingerprint density at radius 1 is 1.17 bits per heavy atom. The van der Waals surface area contributed by atoms with Gasteiger partial charge in [0, 0.05) is 17.9 Å². The molecule has 0 aromatic heterocycles. The quantitative estimate of drug-likeness (QED) is 0.331. The van der Waals surface area contributed by atoms with Crippen LogP contribution in [0.25, 0.3) is 0 Å². The lowest BCUT2D eigenvalue weighted by Gasteiger charge is -2.06. The first-order valence-electron chi connectivity index (χ1n) is 8.61. The number of carboxylic acids is 1. The minimum Gasteiger partial charge on any atom is -0.481 e. The fourth-order valence-electron chi connectivity index (χ4n) is 2.51. The molecule has 23 heavy (non-hydrogen) atoms. The topological polar surface area (TPSA) is 54.4 Å². The van der Waals surface area contributed by atoms with E-state index in [1.54, 1.807) is 6.08 Å². The number of allylic oxidation sites excluding steroid dienone is 8. The summed E-state index contributed by atoms with van der Waals surface area (Å²) in [6.07, 6.45) is 20.9. The van der Waals surface area contributed by atoms with Crippen LogP contribution in [-0.2, 0) is 9.59 Å². The van der Waals surface area contributed by atoms with Crippen molar-refractivity contribution in [1.29, 1.82) is 0 Å². The molecule has 0 bridgehead atoms. The first-order chi connectivity index (χ1) is 11.1. The molecule has 0 saturated carbocycles. The molecule has 0 heterocycles. The number of ketones is 1. The molecule has 0 aromatic carbocycles. The van der Waals surface area contributed by atoms with E-state index in [1.807, 2.05) is 30.4 Å². The molecule has 3 nitrogen and oxygen atoms in total. The van der Waals surface area contributed by atoms with Crippen LogP contribution in [0.2, 0.25) is 0 Å². The third-order valence-electron chi connectivity index (χ3n) is 3.87. The van der Waals surface area contributed by atoms with Crippen molar-refractivity contribution in [3.8, 4) is 0 Å². The summed E-state index contributed by atoms with van der Waals surface area (Å²) in [5.74, 6) is -0.496. The van der Waals surface area contributed by atoms with E-state index in [9.17, 15) is 9.59 Å². The van der Waals surface area contributed by atoms with Crippen molar-refractivity contribution in [1.82, 2.24) is 0 Å². The monoisotopic (exact) mass is 316 g/mol. The number of rotatable bonds is 11. The maximum Gasteiger partial charge on any atom is 0.303 e. The van der Waals surface area contributed by atoms with Gasteiger partial charge in [-0.1, -0.05) is 56.2 Å². The van der Waals surface area contributed by atoms with Crippen LogP contribution < -0.4 is 0 Å². The standard InChI is InChI=1S/C20H28O3/c1-2-3-4-5-6-10-13-18-17(15-16-19(18)21)12-9-7-8-11-14-20(22)23/h6-7,9-10,13,15-17H,2-5,8,11-12,14H2,1H3,(H,22,23)/b9-7+,10-6+,18-13+. The Balaban J connectivity index is 2.38. The summed E-state index contributed by atoms with van der Waals surface area (Å²) < 4.78 is 0. The molecule has 3 heteroatoms. The van der Waals surface area contributed by atoms with Gasteiger partial charge in [0.15, 0.2) is 5.78 Å². The number of unbranched alkanes of at least 4 members (excludes halogenated alkanes) is 4. The largest absolute Gasteiger partial charge is 0.481 e. The second kappa shape index (κ2) is 11.6. The van der Waals surface area contributed by atoms with Gasteiger partial charge < -0.3 is 5.11 Å². The maximum absolute atomic E-state index is 11.9. The van der Waals surface area contributed by atoms with Crippen molar-refractivity contribution in [2.75, 3.05) is 0 Å². The van der Waals surface area contributed by atoms with E-state index in [4.69, 9.17) is 5.11 Å². The van der Waals surface area contributed by atoms with E-state index < -0.39 is 5.97 Å². The zero-order valence-corrected chi connectivity index (χ0v) is 14.0. The number of aliphatic carboxylic acids is 1. The highest BCUT2D eigenvalue weighted by atomic mass is 16.4. The van der Waals surface area contributed by atoms with Crippen LogP contribution in [0.1, 0.15) is 58.3 Å². The summed E-state index contributed by atoms with van der Waals surface area (Å²) in [6.45, 7) is 2.19. The molecule has 1 aliphatic carbocycles. The molecule has 1 rings (SSSR count). The van der Waals surface area contributed by atoms with Gasteiger partial charge in [0.05, 0.1) is 0 Å². The van der Waals surface area contributed by atoms with E-state index >= 15 is 0 Å². The van der Waals surface area contributed by atoms with Gasteiger partial charge in [0.2, 0.25) is 0 Å². The Bertz CT molecular complexity index is 495. The molecule has 126 valence electrons. The first kappa shape index (κ1) is 19.1. The predicted octanol–water partition coefficient (Wildman–Crippen LogP) is 5.01. The van der Waals surface area contributed by atoms with Gasteiger partial charge in [0.25, 0.3) is 0 Å². The Morgan fingerprint density at radius 3 is 2.70 bits per heavy atom. The molecule has 0 aromatic rings. The summed E-state index contributed by atoms with van der Waals surface area (Å²) in [7, 11) is 0. The molecular weight excluding hydrogens is 288 g/mol. The van der Waals surface area contributed by atoms with Crippen LogP contribution in [0.3, 0.4) is 0 Å². The Kier molecular flexibility index (Phi) is 9.69. The van der Waals surface area contributed by atoms with Gasteiger partial charge in [-0.25, -0.2) is 0 Å². The third-order valence-corrected chi connectivity index (χ3v) is 3.87. The second-order valence-electron chi connectivity index (χ2n) is 5.87. The summed E-state index contributed by atoms with van der Waals surface area (Å²) in [5.41, 5.74) is 0.854. The molecule has 1 unspecified atom stereocenters. The summed E-state index contributed by atoms with van der Waals surface area (Å²) in [4.78, 5) is 22.3. The number of carboxylic acid groups (broad SMARTS) is 1. The van der Waals surface area contributed by atoms with Crippen LogP contribution in [-0.4, -0.2) is 16.9 Å². The minimum absolute atomic E-state index is 0.104. The van der Waals surface area contributed by atoms with Crippen molar-refractivity contribution in [2.24, 2.45) is 5.92 Å². The minimum atomic E-state index is -0.751. The van der Waals surface area contributed by atoms with Crippen LogP contribution in [0.4, 0.5) is 0 Å². The van der Waals surface area contributed by atoms with Crippen LogP contribution >= 0.6 is 0 Å². The Morgan fingerprint density at radius 2 is 1.96 bits per heavy atom. The highest BCUT2D eigenvalue weighted by Crippen LogP contribution is 2.25. The second-order valence-corrected chi connectivity index (χ2v) is 5.87. The van der Waals surface area contributed by atoms with Gasteiger partial charge in [-0.05, 0) is 38.2 Å². The fraction of sp³-hybridized carbons (Fsp3) is 0.500. The summed E-state index contributed by atoms with van der Waals surface area (Å²) >= 11 is 0. The van der Waals surface area contributed by atoms with E-state index in [0.717, 1.165) is 24.8 Å². The van der Waals surface area contributed by atoms with E-state index in [-0.39, 0.29) is 18.1 Å². The molecule has 1 aliphatic rings. The average molecular weight is 316 g/mol.